The lowest BCUT2D eigenvalue weighted by Crippen LogP contribution is -2.29. The number of nitrogens with one attached hydrogen (secondary N) is 1. The van der Waals surface area contributed by atoms with Crippen molar-refractivity contribution >= 4 is 11.0 Å². The van der Waals surface area contributed by atoms with Gasteiger partial charge in [0.1, 0.15) is 5.82 Å². The Labute approximate surface area is 122 Å². The molecule has 0 saturated carbocycles. The van der Waals surface area contributed by atoms with E-state index in [1.807, 2.05) is 0 Å². The van der Waals surface area contributed by atoms with E-state index in [9.17, 15) is 0 Å². The maximum Gasteiger partial charge on any atom is 0.123 e. The Hall–Kier alpha value is -1.35. The average molecular weight is 273 g/mol. The lowest BCUT2D eigenvalue weighted by atomic mass is 9.90. The van der Waals surface area contributed by atoms with Crippen LogP contribution in [0.1, 0.15) is 46.4 Å². The van der Waals surface area contributed by atoms with Gasteiger partial charge in [-0.15, -0.1) is 0 Å². The zero-order valence-corrected chi connectivity index (χ0v) is 13.2. The van der Waals surface area contributed by atoms with Crippen LogP contribution in [0.5, 0.6) is 0 Å². The highest BCUT2D eigenvalue weighted by Crippen LogP contribution is 2.19. The molecule has 0 aliphatic carbocycles. The number of hydrogen-bond acceptors (Lipinski definition) is 2. The highest BCUT2D eigenvalue weighted by atomic mass is 15.1. The lowest BCUT2D eigenvalue weighted by Gasteiger charge is -2.23. The predicted octanol–water partition coefficient (Wildman–Crippen LogP) is 3.97. The fourth-order valence-electron chi connectivity index (χ4n) is 2.37. The largest absolute Gasteiger partial charge is 0.327 e. The molecule has 2 rings (SSSR count). The Morgan fingerprint density at radius 1 is 1.20 bits per heavy atom. The van der Waals surface area contributed by atoms with Gasteiger partial charge < -0.3 is 9.88 Å². The molecule has 0 unspecified atom stereocenters. The van der Waals surface area contributed by atoms with E-state index < -0.39 is 0 Å². The van der Waals surface area contributed by atoms with Gasteiger partial charge in [-0.05, 0) is 30.4 Å². The molecule has 0 bridgehead atoms. The van der Waals surface area contributed by atoms with Crippen LogP contribution in [0.2, 0.25) is 0 Å². The number of imidazole rings is 1. The Morgan fingerprint density at radius 2 is 1.95 bits per heavy atom. The van der Waals surface area contributed by atoms with E-state index >= 15 is 0 Å². The number of hydrogen-bond donors (Lipinski definition) is 1. The van der Waals surface area contributed by atoms with Gasteiger partial charge in [0.05, 0.1) is 17.6 Å². The van der Waals surface area contributed by atoms with Gasteiger partial charge in [0.2, 0.25) is 0 Å². The topological polar surface area (TPSA) is 29.9 Å². The van der Waals surface area contributed by atoms with Crippen molar-refractivity contribution in [3.05, 3.63) is 30.1 Å². The summed E-state index contributed by atoms with van der Waals surface area (Å²) in [5.41, 5.74) is 2.70. The number of para-hydroxylation sites is 2. The van der Waals surface area contributed by atoms with Crippen molar-refractivity contribution in [2.45, 2.75) is 53.6 Å². The third-order valence-electron chi connectivity index (χ3n) is 4.02. The van der Waals surface area contributed by atoms with Crippen molar-refractivity contribution < 1.29 is 0 Å². The van der Waals surface area contributed by atoms with Gasteiger partial charge in [-0.3, -0.25) is 0 Å². The van der Waals surface area contributed by atoms with E-state index in [0.717, 1.165) is 37.4 Å². The normalized spacial score (nSPS) is 12.2. The van der Waals surface area contributed by atoms with E-state index in [2.05, 4.69) is 61.8 Å². The molecule has 0 aliphatic heterocycles. The minimum absolute atomic E-state index is 0.349. The van der Waals surface area contributed by atoms with Crippen LogP contribution in [0.25, 0.3) is 11.0 Å². The van der Waals surface area contributed by atoms with Crippen molar-refractivity contribution in [1.29, 1.82) is 0 Å². The average Bonchev–Trinajstić information content (AvgIpc) is 2.78. The van der Waals surface area contributed by atoms with Crippen LogP contribution in [0.15, 0.2) is 24.3 Å². The Morgan fingerprint density at radius 3 is 2.65 bits per heavy atom. The highest BCUT2D eigenvalue weighted by Gasteiger charge is 2.15. The van der Waals surface area contributed by atoms with Gasteiger partial charge >= 0.3 is 0 Å². The Balaban J connectivity index is 2.14. The van der Waals surface area contributed by atoms with E-state index in [-0.39, 0.29) is 0 Å². The highest BCUT2D eigenvalue weighted by molar-refractivity contribution is 5.75. The van der Waals surface area contributed by atoms with Crippen LogP contribution in [0.3, 0.4) is 0 Å². The summed E-state index contributed by atoms with van der Waals surface area (Å²) < 4.78 is 2.35. The number of aryl methyl sites for hydroxylation is 1. The molecule has 0 amide bonds. The van der Waals surface area contributed by atoms with Crippen LogP contribution >= 0.6 is 0 Å². The number of aromatic nitrogens is 2. The summed E-state index contributed by atoms with van der Waals surface area (Å²) in [6, 6.07) is 8.41. The van der Waals surface area contributed by atoms with E-state index in [1.165, 1.54) is 11.9 Å². The van der Waals surface area contributed by atoms with Gasteiger partial charge in [0.15, 0.2) is 0 Å². The maximum absolute atomic E-state index is 4.78. The summed E-state index contributed by atoms with van der Waals surface area (Å²) >= 11 is 0. The molecule has 1 heterocycles. The quantitative estimate of drug-likeness (QED) is 0.827. The van der Waals surface area contributed by atoms with E-state index in [1.54, 1.807) is 0 Å². The van der Waals surface area contributed by atoms with Crippen LogP contribution in [0.4, 0.5) is 0 Å². The van der Waals surface area contributed by atoms with Crippen molar-refractivity contribution in [3.8, 4) is 0 Å². The molecule has 110 valence electrons. The van der Waals surface area contributed by atoms with E-state index in [4.69, 9.17) is 4.98 Å². The molecule has 3 heteroatoms. The van der Waals surface area contributed by atoms with Gasteiger partial charge in [0, 0.05) is 13.1 Å². The smallest absolute Gasteiger partial charge is 0.123 e. The zero-order valence-electron chi connectivity index (χ0n) is 13.2. The molecule has 1 aromatic heterocycles. The number of fused-ring (bicyclic) bond motifs is 1. The molecular weight excluding hydrogens is 246 g/mol. The number of nitrogens with zero attached hydrogens (tertiary/aromatic N) is 2. The molecule has 0 spiro atoms. The second-order valence-electron chi connectivity index (χ2n) is 6.29. The molecule has 1 N–H and O–H groups in total. The van der Waals surface area contributed by atoms with Crippen molar-refractivity contribution in [3.63, 3.8) is 0 Å². The van der Waals surface area contributed by atoms with Crippen LogP contribution in [-0.2, 0) is 13.1 Å². The summed E-state index contributed by atoms with van der Waals surface area (Å²) in [6.45, 7) is 12.0. The number of rotatable bonds is 7. The van der Waals surface area contributed by atoms with Crippen LogP contribution in [0, 0.1) is 5.41 Å². The van der Waals surface area contributed by atoms with Gasteiger partial charge in [0.25, 0.3) is 0 Å². The molecule has 0 radical (unpaired) electrons. The summed E-state index contributed by atoms with van der Waals surface area (Å²) in [7, 11) is 0. The molecule has 3 nitrogen and oxygen atoms in total. The zero-order chi connectivity index (χ0) is 14.6. The van der Waals surface area contributed by atoms with E-state index in [0.29, 0.717) is 5.41 Å². The molecular formula is C17H27N3. The molecule has 0 fully saturated rings. The molecule has 1 aromatic carbocycles. The first-order valence-corrected chi connectivity index (χ1v) is 7.72. The molecule has 20 heavy (non-hydrogen) atoms. The molecule has 2 aromatic rings. The van der Waals surface area contributed by atoms with Gasteiger partial charge in [-0.25, -0.2) is 4.98 Å². The third-order valence-corrected chi connectivity index (χ3v) is 4.02. The molecule has 0 aliphatic rings. The summed E-state index contributed by atoms with van der Waals surface area (Å²) in [5, 5.41) is 3.57. The SMILES string of the molecule is CCCn1c(CNCC(C)(C)CC)nc2ccccc21. The third kappa shape index (κ3) is 3.40. The Kier molecular flexibility index (Phi) is 4.81. The molecule has 0 atom stereocenters. The first-order valence-electron chi connectivity index (χ1n) is 7.72. The lowest BCUT2D eigenvalue weighted by molar-refractivity contribution is 0.325. The Bertz CT molecular complexity index is 554. The summed E-state index contributed by atoms with van der Waals surface area (Å²) in [6.07, 6.45) is 2.32. The molecule has 0 saturated heterocycles. The second-order valence-corrected chi connectivity index (χ2v) is 6.29. The minimum Gasteiger partial charge on any atom is -0.327 e. The van der Waals surface area contributed by atoms with Crippen molar-refractivity contribution in [2.24, 2.45) is 5.41 Å². The van der Waals surface area contributed by atoms with Crippen LogP contribution < -0.4 is 5.32 Å². The fourth-order valence-corrected chi connectivity index (χ4v) is 2.37. The maximum atomic E-state index is 4.78. The van der Waals surface area contributed by atoms with Crippen molar-refractivity contribution in [1.82, 2.24) is 14.9 Å². The van der Waals surface area contributed by atoms with Crippen molar-refractivity contribution in [2.75, 3.05) is 6.54 Å². The standard InChI is InChI=1S/C17H27N3/c1-5-11-20-15-10-8-7-9-14(15)19-16(20)12-18-13-17(3,4)6-2/h7-10,18H,5-6,11-13H2,1-4H3. The fraction of sp³-hybridized carbons (Fsp3) is 0.588. The first kappa shape index (κ1) is 15.0. The monoisotopic (exact) mass is 273 g/mol. The predicted molar refractivity (Wildman–Crippen MR) is 85.8 cm³/mol. The first-order chi connectivity index (χ1) is 9.57. The van der Waals surface area contributed by atoms with Crippen LogP contribution in [-0.4, -0.2) is 16.1 Å². The van der Waals surface area contributed by atoms with Gasteiger partial charge in [-0.2, -0.15) is 0 Å². The summed E-state index contributed by atoms with van der Waals surface area (Å²) in [5.74, 6) is 1.15. The summed E-state index contributed by atoms with van der Waals surface area (Å²) in [4.78, 5) is 4.78. The second kappa shape index (κ2) is 6.40. The minimum atomic E-state index is 0.349. The van der Waals surface area contributed by atoms with Gasteiger partial charge in [-0.1, -0.05) is 39.8 Å². The number of benzene rings is 1.